The predicted octanol–water partition coefficient (Wildman–Crippen LogP) is 3.58. The van der Waals surface area contributed by atoms with Crippen LogP contribution in [0.25, 0.3) is 10.2 Å². The number of carbonyl (C=O) groups excluding carboxylic acids is 2. The first kappa shape index (κ1) is 21.1. The Hall–Kier alpha value is -2.58. The number of thiazole rings is 1. The van der Waals surface area contributed by atoms with E-state index in [0.717, 1.165) is 32.0 Å². The molecule has 0 aliphatic heterocycles. The van der Waals surface area contributed by atoms with Gasteiger partial charge in [0.1, 0.15) is 12.3 Å². The molecule has 1 heterocycles. The quantitative estimate of drug-likeness (QED) is 0.442. The lowest BCUT2D eigenvalue weighted by Crippen LogP contribution is -2.22. The van der Waals surface area contributed by atoms with E-state index in [9.17, 15) is 9.59 Å². The molecule has 0 N–H and O–H groups in total. The Morgan fingerprint density at radius 2 is 1.97 bits per heavy atom. The molecular weight excluding hydrogens is 408 g/mol. The highest BCUT2D eigenvalue weighted by Crippen LogP contribution is 2.24. The molecule has 152 valence electrons. The zero-order chi connectivity index (χ0) is 21.0. The van der Waals surface area contributed by atoms with Crippen molar-refractivity contribution in [2.24, 2.45) is 4.99 Å². The summed E-state index contributed by atoms with van der Waals surface area (Å²) in [5.74, 6) is 0.117. The minimum Gasteiger partial charge on any atom is -0.496 e. The van der Waals surface area contributed by atoms with Crippen LogP contribution in [-0.2, 0) is 27.3 Å². The highest BCUT2D eigenvalue weighted by atomic mass is 32.2. The highest BCUT2D eigenvalue weighted by molar-refractivity contribution is 7.98. The predicted molar refractivity (Wildman–Crippen MR) is 116 cm³/mol. The van der Waals surface area contributed by atoms with E-state index >= 15 is 0 Å². The lowest BCUT2D eigenvalue weighted by molar-refractivity contribution is -0.141. The van der Waals surface area contributed by atoms with Crippen LogP contribution in [0.15, 0.2) is 46.3 Å². The molecule has 0 spiro atoms. The number of aryl methyl sites for hydroxylation is 1. The molecule has 29 heavy (non-hydrogen) atoms. The molecule has 0 bridgehead atoms. The number of rotatable bonds is 6. The first-order valence-electron chi connectivity index (χ1n) is 8.90. The number of methoxy groups -OCH3 is 2. The number of fused-ring (bicyclic) bond motifs is 1. The Morgan fingerprint density at radius 1 is 1.17 bits per heavy atom. The van der Waals surface area contributed by atoms with Gasteiger partial charge < -0.3 is 14.0 Å². The van der Waals surface area contributed by atoms with E-state index in [4.69, 9.17) is 9.47 Å². The van der Waals surface area contributed by atoms with Gasteiger partial charge in [0.2, 0.25) is 0 Å². The first-order chi connectivity index (χ1) is 13.9. The van der Waals surface area contributed by atoms with Crippen LogP contribution in [0.1, 0.15) is 11.1 Å². The van der Waals surface area contributed by atoms with E-state index in [-0.39, 0.29) is 18.9 Å². The van der Waals surface area contributed by atoms with Crippen molar-refractivity contribution in [3.63, 3.8) is 0 Å². The second kappa shape index (κ2) is 9.28. The fraction of sp³-hybridized carbons (Fsp3) is 0.286. The van der Waals surface area contributed by atoms with Gasteiger partial charge in [0.15, 0.2) is 4.80 Å². The Kier molecular flexibility index (Phi) is 6.76. The summed E-state index contributed by atoms with van der Waals surface area (Å²) in [5, 5.41) is 0. The SMILES string of the molecule is COC(=O)Cn1c(=NC(=O)Cc2ccc(OC)c(C)c2)sc2cc(SC)ccc21. The third kappa shape index (κ3) is 4.89. The molecule has 0 aliphatic rings. The van der Waals surface area contributed by atoms with Gasteiger partial charge >= 0.3 is 5.97 Å². The third-order valence-electron chi connectivity index (χ3n) is 4.44. The number of aromatic nitrogens is 1. The molecule has 0 atom stereocenters. The van der Waals surface area contributed by atoms with Crippen molar-refractivity contribution in [3.8, 4) is 5.75 Å². The average molecular weight is 431 g/mol. The molecule has 0 saturated heterocycles. The third-order valence-corrected chi connectivity index (χ3v) is 6.21. The van der Waals surface area contributed by atoms with Gasteiger partial charge in [-0.2, -0.15) is 4.99 Å². The van der Waals surface area contributed by atoms with Crippen LogP contribution in [0.2, 0.25) is 0 Å². The minimum absolute atomic E-state index is 0.00285. The van der Waals surface area contributed by atoms with E-state index < -0.39 is 5.97 Å². The molecule has 1 amide bonds. The van der Waals surface area contributed by atoms with Gasteiger partial charge in [0, 0.05) is 4.90 Å². The monoisotopic (exact) mass is 430 g/mol. The van der Waals surface area contributed by atoms with E-state index in [1.165, 1.54) is 18.4 Å². The topological polar surface area (TPSA) is 69.9 Å². The summed E-state index contributed by atoms with van der Waals surface area (Å²) in [4.78, 5) is 30.4. The maximum absolute atomic E-state index is 12.6. The summed E-state index contributed by atoms with van der Waals surface area (Å²) in [7, 11) is 2.96. The molecule has 3 rings (SSSR count). The number of thioether (sulfide) groups is 1. The van der Waals surface area contributed by atoms with Crippen LogP contribution in [0.5, 0.6) is 5.75 Å². The van der Waals surface area contributed by atoms with E-state index in [1.54, 1.807) is 23.4 Å². The van der Waals surface area contributed by atoms with Crippen molar-refractivity contribution in [2.45, 2.75) is 24.8 Å². The summed E-state index contributed by atoms with van der Waals surface area (Å²) >= 11 is 3.02. The number of hydrogen-bond donors (Lipinski definition) is 0. The average Bonchev–Trinajstić information content (AvgIpc) is 3.03. The van der Waals surface area contributed by atoms with E-state index in [0.29, 0.717) is 4.80 Å². The molecule has 6 nitrogen and oxygen atoms in total. The van der Waals surface area contributed by atoms with Gasteiger partial charge in [0.05, 0.1) is 30.9 Å². The van der Waals surface area contributed by atoms with Gasteiger partial charge in [-0.25, -0.2) is 0 Å². The standard InChI is InChI=1S/C21H22N2O4S2/c1-13-9-14(5-8-17(13)26-2)10-19(24)22-21-23(12-20(25)27-3)16-7-6-15(28-4)11-18(16)29-21/h5-9,11H,10,12H2,1-4H3. The molecule has 0 aliphatic carbocycles. The molecular formula is C21H22N2O4S2. The fourth-order valence-electron chi connectivity index (χ4n) is 2.98. The van der Waals surface area contributed by atoms with Gasteiger partial charge in [-0.05, 0) is 48.6 Å². The number of hydrogen-bond acceptors (Lipinski definition) is 6. The van der Waals surface area contributed by atoms with Gasteiger partial charge in [0.25, 0.3) is 5.91 Å². The maximum atomic E-state index is 12.6. The summed E-state index contributed by atoms with van der Waals surface area (Å²) in [6, 6.07) is 11.6. The molecule has 1 aromatic heterocycles. The van der Waals surface area contributed by atoms with Crippen molar-refractivity contribution in [2.75, 3.05) is 20.5 Å². The lowest BCUT2D eigenvalue weighted by Gasteiger charge is -2.06. The summed E-state index contributed by atoms with van der Waals surface area (Å²) in [6.07, 6.45) is 2.18. The number of benzene rings is 2. The zero-order valence-electron chi connectivity index (χ0n) is 16.7. The summed E-state index contributed by atoms with van der Waals surface area (Å²) in [6.45, 7) is 1.94. The molecule has 3 aromatic rings. The van der Waals surface area contributed by atoms with E-state index in [1.807, 2.05) is 49.6 Å². The van der Waals surface area contributed by atoms with Crippen molar-refractivity contribution in [1.29, 1.82) is 0 Å². The highest BCUT2D eigenvalue weighted by Gasteiger charge is 2.13. The number of ether oxygens (including phenoxy) is 2. The second-order valence-corrected chi connectivity index (χ2v) is 8.26. The number of nitrogens with zero attached hydrogens (tertiary/aromatic N) is 2. The minimum atomic E-state index is -0.390. The Bertz CT molecular complexity index is 1130. The van der Waals surface area contributed by atoms with Crippen molar-refractivity contribution in [3.05, 3.63) is 52.3 Å². The number of carbonyl (C=O) groups is 2. The van der Waals surface area contributed by atoms with Crippen molar-refractivity contribution < 1.29 is 19.1 Å². The number of amides is 1. The second-order valence-electron chi connectivity index (χ2n) is 6.37. The van der Waals surface area contributed by atoms with Gasteiger partial charge in [-0.15, -0.1) is 11.8 Å². The molecule has 2 aromatic carbocycles. The molecule has 8 heteroatoms. The first-order valence-corrected chi connectivity index (χ1v) is 10.9. The lowest BCUT2D eigenvalue weighted by atomic mass is 10.1. The molecule has 0 fully saturated rings. The van der Waals surface area contributed by atoms with Crippen LogP contribution >= 0.6 is 23.1 Å². The Balaban J connectivity index is 1.98. The fourth-order valence-corrected chi connectivity index (χ4v) is 4.58. The summed E-state index contributed by atoms with van der Waals surface area (Å²) in [5.41, 5.74) is 2.68. The van der Waals surface area contributed by atoms with Gasteiger partial charge in [-0.1, -0.05) is 23.5 Å². The summed E-state index contributed by atoms with van der Waals surface area (Å²) < 4.78 is 12.8. The largest absolute Gasteiger partial charge is 0.496 e. The van der Waals surface area contributed by atoms with Crippen LogP contribution in [-0.4, -0.2) is 36.9 Å². The number of esters is 1. The Morgan fingerprint density at radius 3 is 2.62 bits per heavy atom. The van der Waals surface area contributed by atoms with E-state index in [2.05, 4.69) is 4.99 Å². The zero-order valence-corrected chi connectivity index (χ0v) is 18.4. The van der Waals surface area contributed by atoms with Crippen LogP contribution in [0.4, 0.5) is 0 Å². The smallest absolute Gasteiger partial charge is 0.325 e. The Labute approximate surface area is 177 Å². The van der Waals surface area contributed by atoms with Crippen molar-refractivity contribution in [1.82, 2.24) is 4.57 Å². The van der Waals surface area contributed by atoms with Gasteiger partial charge in [-0.3, -0.25) is 9.59 Å². The molecule has 0 saturated carbocycles. The van der Waals surface area contributed by atoms with Crippen LogP contribution in [0.3, 0.4) is 0 Å². The molecule has 0 radical (unpaired) electrons. The normalized spacial score (nSPS) is 11.7. The molecule has 0 unspecified atom stereocenters. The van der Waals surface area contributed by atoms with Crippen LogP contribution in [0, 0.1) is 6.92 Å². The maximum Gasteiger partial charge on any atom is 0.325 e. The van der Waals surface area contributed by atoms with Crippen molar-refractivity contribution >= 4 is 45.2 Å². The van der Waals surface area contributed by atoms with Crippen LogP contribution < -0.4 is 9.54 Å².